The number of nitrogens with one attached hydrogen (secondary N) is 2. The number of non-ortho nitro benzene ring substituents is 1. The smallest absolute Gasteiger partial charge is 0.323 e. The first kappa shape index (κ1) is 19.1. The summed E-state index contributed by atoms with van der Waals surface area (Å²) >= 11 is 0. The van der Waals surface area contributed by atoms with Crippen LogP contribution in [0.2, 0.25) is 0 Å². The lowest BCUT2D eigenvalue weighted by atomic mass is 10.2. The third kappa shape index (κ3) is 4.91. The Hall–Kier alpha value is -3.18. The van der Waals surface area contributed by atoms with Crippen LogP contribution >= 0.6 is 0 Å². The number of hydrogen-bond acceptors (Lipinski definition) is 8. The lowest BCUT2D eigenvalue weighted by Crippen LogP contribution is -2.34. The molecule has 1 aromatic carbocycles. The molecule has 1 heterocycles. The summed E-state index contributed by atoms with van der Waals surface area (Å²) in [5.74, 6) is -3.72. The molecule has 2 N–H and O–H groups in total. The first-order valence-corrected chi connectivity index (χ1v) is 7.31. The molecule has 0 bridgehead atoms. The van der Waals surface area contributed by atoms with Crippen LogP contribution in [-0.4, -0.2) is 45.6 Å². The van der Waals surface area contributed by atoms with Crippen molar-refractivity contribution in [2.45, 2.75) is 19.0 Å². The summed E-state index contributed by atoms with van der Waals surface area (Å²) in [4.78, 5) is 21.6. The van der Waals surface area contributed by atoms with Gasteiger partial charge in [0.05, 0.1) is 4.92 Å². The van der Waals surface area contributed by atoms with Gasteiger partial charge in [0.1, 0.15) is 0 Å². The van der Waals surface area contributed by atoms with Gasteiger partial charge in [-0.05, 0) is 19.1 Å². The van der Waals surface area contributed by atoms with Gasteiger partial charge >= 0.3 is 11.9 Å². The fraction of sp³-hybridized carbons (Fsp3) is 0.357. The average molecular weight is 372 g/mol. The van der Waals surface area contributed by atoms with E-state index in [9.17, 15) is 23.3 Å². The van der Waals surface area contributed by atoms with E-state index < -0.39 is 29.6 Å². The maximum atomic E-state index is 13.3. The number of rotatable bonds is 8. The Balaban J connectivity index is 2.17. The van der Waals surface area contributed by atoms with Gasteiger partial charge in [-0.2, -0.15) is 23.7 Å². The molecule has 26 heavy (non-hydrogen) atoms. The summed E-state index contributed by atoms with van der Waals surface area (Å²) in [6.07, 6.45) is -2.40. The molecule has 0 aliphatic carbocycles. The molecule has 0 aliphatic rings. The molecule has 9 nitrogen and oxygen atoms in total. The Morgan fingerprint density at radius 1 is 1.23 bits per heavy atom. The molecule has 1 aromatic heterocycles. The van der Waals surface area contributed by atoms with Gasteiger partial charge in [-0.1, -0.05) is 0 Å². The third-order valence-corrected chi connectivity index (χ3v) is 3.15. The second-order valence-corrected chi connectivity index (χ2v) is 5.11. The molecule has 0 saturated heterocycles. The van der Waals surface area contributed by atoms with Gasteiger partial charge in [0.25, 0.3) is 5.69 Å². The highest BCUT2D eigenvalue weighted by Crippen LogP contribution is 2.23. The standard InChI is InChI=1S/C14H15F3N6O3/c1-8(15)14(16,17)7-26-13-21-11(18-2)20-12(22-13)19-9-3-5-10(6-4-9)23(24)25/h3-6,8H,7H2,1-2H3,(H2,18,19,20,21,22). The first-order valence-electron chi connectivity index (χ1n) is 7.31. The molecule has 140 valence electrons. The summed E-state index contributed by atoms with van der Waals surface area (Å²) in [6, 6.07) is 4.93. The summed E-state index contributed by atoms with van der Waals surface area (Å²) in [7, 11) is 1.49. The van der Waals surface area contributed by atoms with Crippen molar-refractivity contribution in [2.75, 3.05) is 24.3 Å². The number of benzene rings is 1. The third-order valence-electron chi connectivity index (χ3n) is 3.15. The number of nitro benzene ring substituents is 1. The van der Waals surface area contributed by atoms with Gasteiger partial charge in [-0.15, -0.1) is 0 Å². The second kappa shape index (κ2) is 7.80. The van der Waals surface area contributed by atoms with E-state index in [4.69, 9.17) is 4.74 Å². The van der Waals surface area contributed by atoms with Crippen molar-refractivity contribution in [2.24, 2.45) is 0 Å². The van der Waals surface area contributed by atoms with Crippen LogP contribution in [0.4, 0.5) is 36.4 Å². The number of halogens is 3. The van der Waals surface area contributed by atoms with Crippen LogP contribution in [-0.2, 0) is 0 Å². The van der Waals surface area contributed by atoms with Gasteiger partial charge < -0.3 is 15.4 Å². The van der Waals surface area contributed by atoms with Crippen molar-refractivity contribution >= 4 is 23.3 Å². The first-order chi connectivity index (χ1) is 12.2. The lowest BCUT2D eigenvalue weighted by Gasteiger charge is -2.17. The number of alkyl halides is 3. The number of aromatic nitrogens is 3. The average Bonchev–Trinajstić information content (AvgIpc) is 2.60. The maximum absolute atomic E-state index is 13.3. The predicted octanol–water partition coefficient (Wildman–Crippen LogP) is 2.94. The minimum absolute atomic E-state index is 0.0241. The summed E-state index contributed by atoms with van der Waals surface area (Å²) in [5.41, 5.74) is 0.311. The molecular weight excluding hydrogens is 357 g/mol. The topological polar surface area (TPSA) is 115 Å². The van der Waals surface area contributed by atoms with E-state index in [1.165, 1.54) is 31.3 Å². The number of ether oxygens (including phenoxy) is 1. The Kier molecular flexibility index (Phi) is 5.75. The van der Waals surface area contributed by atoms with Gasteiger partial charge in [0.15, 0.2) is 12.8 Å². The molecule has 2 aromatic rings. The molecule has 0 spiro atoms. The van der Waals surface area contributed by atoms with E-state index in [2.05, 4.69) is 25.6 Å². The van der Waals surface area contributed by atoms with E-state index in [1.807, 2.05) is 0 Å². The molecule has 0 radical (unpaired) electrons. The monoisotopic (exact) mass is 372 g/mol. The summed E-state index contributed by atoms with van der Waals surface area (Å²) in [5, 5.41) is 16.0. The molecule has 1 atom stereocenters. The quantitative estimate of drug-likeness (QED) is 0.537. The highest BCUT2D eigenvalue weighted by Gasteiger charge is 2.38. The minimum atomic E-state index is -3.70. The molecule has 0 saturated carbocycles. The van der Waals surface area contributed by atoms with E-state index in [0.29, 0.717) is 5.69 Å². The second-order valence-electron chi connectivity index (χ2n) is 5.11. The molecule has 12 heteroatoms. The maximum Gasteiger partial charge on any atom is 0.323 e. The van der Waals surface area contributed by atoms with Crippen LogP contribution in [0.15, 0.2) is 24.3 Å². The highest BCUT2D eigenvalue weighted by atomic mass is 19.3. The SMILES string of the molecule is CNc1nc(Nc2ccc([N+](=O)[O-])cc2)nc(OCC(F)(F)C(C)F)n1. The largest absolute Gasteiger partial charge is 0.457 e. The van der Waals surface area contributed by atoms with Crippen molar-refractivity contribution in [1.82, 2.24) is 15.0 Å². The molecule has 0 aliphatic heterocycles. The van der Waals surface area contributed by atoms with Crippen LogP contribution in [0.3, 0.4) is 0 Å². The van der Waals surface area contributed by atoms with E-state index in [1.54, 1.807) is 0 Å². The van der Waals surface area contributed by atoms with Crippen molar-refractivity contribution in [1.29, 1.82) is 0 Å². The Morgan fingerprint density at radius 3 is 2.38 bits per heavy atom. The summed E-state index contributed by atoms with van der Waals surface area (Å²) in [6.45, 7) is -0.522. The summed E-state index contributed by atoms with van der Waals surface area (Å²) < 4.78 is 44.2. The molecule has 0 fully saturated rings. The lowest BCUT2D eigenvalue weighted by molar-refractivity contribution is -0.384. The molecule has 0 amide bonds. The Morgan fingerprint density at radius 2 is 1.85 bits per heavy atom. The Bertz CT molecular complexity index is 773. The van der Waals surface area contributed by atoms with Crippen LogP contribution in [0, 0.1) is 10.1 Å². The van der Waals surface area contributed by atoms with E-state index in [0.717, 1.165) is 6.92 Å². The highest BCUT2D eigenvalue weighted by molar-refractivity contribution is 5.56. The normalized spacial score (nSPS) is 12.3. The van der Waals surface area contributed by atoms with E-state index in [-0.39, 0.29) is 17.6 Å². The van der Waals surface area contributed by atoms with Crippen LogP contribution in [0.5, 0.6) is 6.01 Å². The van der Waals surface area contributed by atoms with Crippen molar-refractivity contribution in [3.63, 3.8) is 0 Å². The van der Waals surface area contributed by atoms with Crippen molar-refractivity contribution in [3.8, 4) is 6.01 Å². The number of nitro groups is 1. The fourth-order valence-electron chi connectivity index (χ4n) is 1.66. The number of anilines is 3. The molecular formula is C14H15F3N6O3. The van der Waals surface area contributed by atoms with E-state index >= 15 is 0 Å². The van der Waals surface area contributed by atoms with Crippen molar-refractivity contribution < 1.29 is 22.8 Å². The zero-order valence-corrected chi connectivity index (χ0v) is 13.7. The van der Waals surface area contributed by atoms with Crippen LogP contribution in [0.1, 0.15) is 6.92 Å². The van der Waals surface area contributed by atoms with Crippen LogP contribution in [0.25, 0.3) is 0 Å². The van der Waals surface area contributed by atoms with Crippen molar-refractivity contribution in [3.05, 3.63) is 34.4 Å². The zero-order chi connectivity index (χ0) is 19.3. The number of nitrogens with zero attached hydrogens (tertiary/aromatic N) is 4. The predicted molar refractivity (Wildman–Crippen MR) is 86.8 cm³/mol. The fourth-order valence-corrected chi connectivity index (χ4v) is 1.66. The van der Waals surface area contributed by atoms with Gasteiger partial charge in [-0.25, -0.2) is 4.39 Å². The Labute approximate surface area is 145 Å². The molecule has 2 rings (SSSR count). The zero-order valence-electron chi connectivity index (χ0n) is 13.7. The van der Waals surface area contributed by atoms with Crippen LogP contribution < -0.4 is 15.4 Å². The number of hydrogen-bond donors (Lipinski definition) is 2. The van der Waals surface area contributed by atoms with Gasteiger partial charge in [-0.3, -0.25) is 10.1 Å². The van der Waals surface area contributed by atoms with Gasteiger partial charge in [0.2, 0.25) is 11.9 Å². The minimum Gasteiger partial charge on any atom is -0.457 e. The molecule has 1 unspecified atom stereocenters. The van der Waals surface area contributed by atoms with Gasteiger partial charge in [0, 0.05) is 24.9 Å².